The number of guanidine groups is 1. The first-order chi connectivity index (χ1) is 12.8. The van der Waals surface area contributed by atoms with Gasteiger partial charge in [0.1, 0.15) is 0 Å². The molecule has 2 rings (SSSR count). The van der Waals surface area contributed by atoms with Gasteiger partial charge in [0.2, 0.25) is 0 Å². The van der Waals surface area contributed by atoms with Crippen molar-refractivity contribution >= 4 is 17.7 Å². The summed E-state index contributed by atoms with van der Waals surface area (Å²) in [5.74, 6) is 3.65. The molecule has 0 heterocycles. The normalized spacial score (nSPS) is 15.1. The molecule has 1 aromatic rings. The predicted octanol–water partition coefficient (Wildman–Crippen LogP) is 3.82. The first-order valence-corrected chi connectivity index (χ1v) is 11.0. The SMILES string of the molecule is CCNC(=NCc1cccc(OC)c1OC1CCCC1)NCCCSC. The molecule has 1 saturated carbocycles. The topological polar surface area (TPSA) is 54.9 Å². The molecule has 1 fully saturated rings. The summed E-state index contributed by atoms with van der Waals surface area (Å²) < 4.78 is 11.8. The van der Waals surface area contributed by atoms with Gasteiger partial charge in [0, 0.05) is 18.7 Å². The Labute approximate surface area is 162 Å². The molecular weight excluding hydrogens is 346 g/mol. The summed E-state index contributed by atoms with van der Waals surface area (Å²) in [5.41, 5.74) is 1.07. The smallest absolute Gasteiger partial charge is 0.191 e. The number of nitrogens with one attached hydrogen (secondary N) is 2. The lowest BCUT2D eigenvalue weighted by Crippen LogP contribution is -2.37. The van der Waals surface area contributed by atoms with Gasteiger partial charge in [-0.3, -0.25) is 0 Å². The number of hydrogen-bond acceptors (Lipinski definition) is 4. The second kappa shape index (κ2) is 11.9. The number of hydrogen-bond donors (Lipinski definition) is 2. The fourth-order valence-electron chi connectivity index (χ4n) is 3.08. The average molecular weight is 380 g/mol. The molecule has 0 bridgehead atoms. The number of thioether (sulfide) groups is 1. The van der Waals surface area contributed by atoms with Crippen LogP contribution in [0.15, 0.2) is 23.2 Å². The highest BCUT2D eigenvalue weighted by atomic mass is 32.2. The van der Waals surface area contributed by atoms with E-state index in [0.29, 0.717) is 12.6 Å². The number of benzene rings is 1. The Hall–Kier alpha value is -1.56. The van der Waals surface area contributed by atoms with Crippen molar-refractivity contribution in [2.24, 2.45) is 4.99 Å². The summed E-state index contributed by atoms with van der Waals surface area (Å²) in [6.07, 6.45) is 8.30. The molecule has 0 spiro atoms. The Kier molecular flexibility index (Phi) is 9.53. The van der Waals surface area contributed by atoms with Crippen molar-refractivity contribution in [2.75, 3.05) is 32.2 Å². The van der Waals surface area contributed by atoms with Crippen LogP contribution < -0.4 is 20.1 Å². The Morgan fingerprint density at radius 1 is 1.27 bits per heavy atom. The van der Waals surface area contributed by atoms with Crippen molar-refractivity contribution < 1.29 is 9.47 Å². The number of para-hydroxylation sites is 1. The predicted molar refractivity (Wildman–Crippen MR) is 112 cm³/mol. The van der Waals surface area contributed by atoms with Gasteiger partial charge in [0.25, 0.3) is 0 Å². The van der Waals surface area contributed by atoms with E-state index in [9.17, 15) is 0 Å². The zero-order valence-electron chi connectivity index (χ0n) is 16.3. The highest BCUT2D eigenvalue weighted by Gasteiger charge is 2.20. The van der Waals surface area contributed by atoms with Gasteiger partial charge in [0.15, 0.2) is 17.5 Å². The second-order valence-electron chi connectivity index (χ2n) is 6.44. The number of rotatable bonds is 10. The van der Waals surface area contributed by atoms with Crippen LogP contribution in [0, 0.1) is 0 Å². The molecule has 0 amide bonds. The van der Waals surface area contributed by atoms with Gasteiger partial charge >= 0.3 is 0 Å². The summed E-state index contributed by atoms with van der Waals surface area (Å²) in [7, 11) is 1.70. The fraction of sp³-hybridized carbons (Fsp3) is 0.650. The van der Waals surface area contributed by atoms with Gasteiger partial charge in [-0.25, -0.2) is 4.99 Å². The van der Waals surface area contributed by atoms with Crippen LogP contribution in [0.5, 0.6) is 11.5 Å². The van der Waals surface area contributed by atoms with E-state index >= 15 is 0 Å². The minimum atomic E-state index is 0.298. The van der Waals surface area contributed by atoms with Crippen LogP contribution in [-0.4, -0.2) is 44.3 Å². The van der Waals surface area contributed by atoms with Crippen LogP contribution in [-0.2, 0) is 6.54 Å². The van der Waals surface area contributed by atoms with Crippen molar-refractivity contribution in [3.05, 3.63) is 23.8 Å². The van der Waals surface area contributed by atoms with Crippen molar-refractivity contribution in [3.63, 3.8) is 0 Å². The first kappa shape index (κ1) is 20.7. The molecule has 146 valence electrons. The minimum absolute atomic E-state index is 0.298. The van der Waals surface area contributed by atoms with Gasteiger partial charge in [-0.15, -0.1) is 0 Å². The molecule has 0 saturated heterocycles. The molecule has 0 radical (unpaired) electrons. The third-order valence-corrected chi connectivity index (χ3v) is 5.13. The third-order valence-electron chi connectivity index (χ3n) is 4.44. The second-order valence-corrected chi connectivity index (χ2v) is 7.43. The number of ether oxygens (including phenoxy) is 2. The summed E-state index contributed by atoms with van der Waals surface area (Å²) >= 11 is 1.87. The minimum Gasteiger partial charge on any atom is -0.493 e. The molecule has 1 aliphatic rings. The standard InChI is InChI=1S/C20H33N3O2S/c1-4-21-20(22-13-8-14-26-3)23-15-16-9-7-12-18(24-2)19(16)25-17-10-5-6-11-17/h7,9,12,17H,4-6,8,10-11,13-15H2,1-3H3,(H2,21,22,23). The Bertz CT molecular complexity index is 560. The molecule has 6 heteroatoms. The van der Waals surface area contributed by atoms with E-state index in [1.165, 1.54) is 12.8 Å². The van der Waals surface area contributed by atoms with Crippen LogP contribution in [0.3, 0.4) is 0 Å². The van der Waals surface area contributed by atoms with Crippen molar-refractivity contribution in [1.29, 1.82) is 0 Å². The molecule has 0 aliphatic heterocycles. The molecule has 1 aromatic carbocycles. The molecule has 26 heavy (non-hydrogen) atoms. The van der Waals surface area contributed by atoms with E-state index in [4.69, 9.17) is 14.5 Å². The summed E-state index contributed by atoms with van der Waals surface area (Å²) in [6.45, 7) is 4.42. The van der Waals surface area contributed by atoms with Crippen LogP contribution in [0.1, 0.15) is 44.6 Å². The molecule has 0 unspecified atom stereocenters. The van der Waals surface area contributed by atoms with E-state index in [0.717, 1.165) is 61.1 Å². The van der Waals surface area contributed by atoms with Gasteiger partial charge in [-0.05, 0) is 57.1 Å². The lowest BCUT2D eigenvalue weighted by Gasteiger charge is -2.19. The molecule has 5 nitrogen and oxygen atoms in total. The van der Waals surface area contributed by atoms with Crippen molar-refractivity contribution in [3.8, 4) is 11.5 Å². The van der Waals surface area contributed by atoms with E-state index in [2.05, 4.69) is 29.9 Å². The van der Waals surface area contributed by atoms with Gasteiger partial charge in [-0.2, -0.15) is 11.8 Å². The largest absolute Gasteiger partial charge is 0.493 e. The van der Waals surface area contributed by atoms with E-state index in [-0.39, 0.29) is 0 Å². The molecule has 0 aromatic heterocycles. The quantitative estimate of drug-likeness (QED) is 0.368. The van der Waals surface area contributed by atoms with Crippen LogP contribution in [0.25, 0.3) is 0 Å². The van der Waals surface area contributed by atoms with Crippen molar-refractivity contribution in [2.45, 2.75) is 51.7 Å². The fourth-order valence-corrected chi connectivity index (χ4v) is 3.52. The van der Waals surface area contributed by atoms with Crippen LogP contribution in [0.2, 0.25) is 0 Å². The Morgan fingerprint density at radius 2 is 2.08 bits per heavy atom. The van der Waals surface area contributed by atoms with Crippen molar-refractivity contribution in [1.82, 2.24) is 10.6 Å². The Morgan fingerprint density at radius 3 is 2.77 bits per heavy atom. The maximum Gasteiger partial charge on any atom is 0.191 e. The zero-order chi connectivity index (χ0) is 18.6. The maximum atomic E-state index is 6.30. The first-order valence-electron chi connectivity index (χ1n) is 9.62. The third kappa shape index (κ3) is 6.63. The molecule has 2 N–H and O–H groups in total. The monoisotopic (exact) mass is 379 g/mol. The zero-order valence-corrected chi connectivity index (χ0v) is 17.2. The summed E-state index contributed by atoms with van der Waals surface area (Å²) in [4.78, 5) is 4.74. The number of methoxy groups -OCH3 is 1. The highest BCUT2D eigenvalue weighted by molar-refractivity contribution is 7.98. The average Bonchev–Trinajstić information content (AvgIpc) is 3.17. The molecule has 1 aliphatic carbocycles. The van der Waals surface area contributed by atoms with Gasteiger partial charge in [0.05, 0.1) is 19.8 Å². The van der Waals surface area contributed by atoms with Crippen LogP contribution >= 0.6 is 11.8 Å². The number of aliphatic imine (C=N–C) groups is 1. The van der Waals surface area contributed by atoms with Gasteiger partial charge < -0.3 is 20.1 Å². The summed E-state index contributed by atoms with van der Waals surface area (Å²) in [5, 5.41) is 6.71. The number of nitrogens with zero attached hydrogens (tertiary/aromatic N) is 1. The summed E-state index contributed by atoms with van der Waals surface area (Å²) in [6, 6.07) is 6.04. The van der Waals surface area contributed by atoms with E-state index < -0.39 is 0 Å². The lowest BCUT2D eigenvalue weighted by molar-refractivity contribution is 0.198. The highest BCUT2D eigenvalue weighted by Crippen LogP contribution is 2.35. The molecular formula is C20H33N3O2S. The Balaban J connectivity index is 2.07. The molecule has 0 atom stereocenters. The van der Waals surface area contributed by atoms with Gasteiger partial charge in [-0.1, -0.05) is 12.1 Å². The maximum absolute atomic E-state index is 6.30. The lowest BCUT2D eigenvalue weighted by atomic mass is 10.1. The van der Waals surface area contributed by atoms with Crippen LogP contribution in [0.4, 0.5) is 0 Å². The van der Waals surface area contributed by atoms with E-state index in [1.807, 2.05) is 23.9 Å². The van der Waals surface area contributed by atoms with E-state index in [1.54, 1.807) is 7.11 Å².